The molecule has 0 atom stereocenters. The molecule has 5 heteroatoms. The Kier molecular flexibility index (Phi) is 6.89. The summed E-state index contributed by atoms with van der Waals surface area (Å²) >= 11 is 0. The van der Waals surface area contributed by atoms with Crippen LogP contribution in [0, 0.1) is 13.8 Å². The maximum absolute atomic E-state index is 13.2. The maximum Gasteiger partial charge on any atom is 0.277 e. The Morgan fingerprint density at radius 3 is 2.36 bits per heavy atom. The van der Waals surface area contributed by atoms with Crippen molar-refractivity contribution in [2.75, 3.05) is 32.8 Å². The highest BCUT2D eigenvalue weighted by atomic mass is 16.5. The summed E-state index contributed by atoms with van der Waals surface area (Å²) in [4.78, 5) is 29.9. The quantitative estimate of drug-likeness (QED) is 0.481. The van der Waals surface area contributed by atoms with Crippen LogP contribution in [0.2, 0.25) is 0 Å². The van der Waals surface area contributed by atoms with Gasteiger partial charge in [-0.25, -0.2) is 0 Å². The van der Waals surface area contributed by atoms with Crippen LogP contribution in [0.15, 0.2) is 23.9 Å². The van der Waals surface area contributed by atoms with Crippen molar-refractivity contribution in [1.82, 2.24) is 9.80 Å². The van der Waals surface area contributed by atoms with E-state index in [4.69, 9.17) is 4.74 Å². The number of amides is 2. The van der Waals surface area contributed by atoms with E-state index >= 15 is 0 Å². The van der Waals surface area contributed by atoms with Crippen LogP contribution in [0.4, 0.5) is 0 Å². The number of benzene rings is 1. The number of aryl methyl sites for hydroxylation is 2. The van der Waals surface area contributed by atoms with Gasteiger partial charge < -0.3 is 9.64 Å². The van der Waals surface area contributed by atoms with Crippen LogP contribution in [-0.2, 0) is 14.3 Å². The molecule has 0 aliphatic carbocycles. The highest BCUT2D eigenvalue weighted by Crippen LogP contribution is 2.34. The minimum Gasteiger partial charge on any atom is -0.381 e. The molecule has 2 amide bonds. The van der Waals surface area contributed by atoms with Gasteiger partial charge in [0, 0.05) is 32.8 Å². The normalized spacial score (nSPS) is 17.4. The van der Waals surface area contributed by atoms with Gasteiger partial charge in [0.1, 0.15) is 5.70 Å². The van der Waals surface area contributed by atoms with Crippen LogP contribution in [0.25, 0.3) is 5.57 Å². The zero-order valence-corrected chi connectivity index (χ0v) is 17.4. The fourth-order valence-corrected chi connectivity index (χ4v) is 3.83. The Morgan fingerprint density at radius 1 is 0.964 bits per heavy atom. The predicted octanol–water partition coefficient (Wildman–Crippen LogP) is 3.69. The molecule has 5 nitrogen and oxygen atoms in total. The van der Waals surface area contributed by atoms with Gasteiger partial charge >= 0.3 is 0 Å². The monoisotopic (exact) mass is 384 g/mol. The molecule has 1 saturated heterocycles. The molecular weight excluding hydrogens is 352 g/mol. The van der Waals surface area contributed by atoms with Crippen molar-refractivity contribution in [3.8, 4) is 0 Å². The molecule has 1 fully saturated rings. The van der Waals surface area contributed by atoms with Gasteiger partial charge in [-0.1, -0.05) is 31.5 Å². The lowest BCUT2D eigenvalue weighted by molar-refractivity contribution is -0.137. The molecule has 0 radical (unpaired) electrons. The lowest BCUT2D eigenvalue weighted by atomic mass is 9.99. The molecule has 3 rings (SSSR count). The average Bonchev–Trinajstić information content (AvgIpc) is 3.28. The number of ether oxygens (including phenoxy) is 1. The Morgan fingerprint density at radius 2 is 1.68 bits per heavy atom. The van der Waals surface area contributed by atoms with Crippen LogP contribution >= 0.6 is 0 Å². The molecule has 0 saturated carbocycles. The smallest absolute Gasteiger partial charge is 0.277 e. The molecule has 0 N–H and O–H groups in total. The van der Waals surface area contributed by atoms with Gasteiger partial charge in [0.25, 0.3) is 11.8 Å². The van der Waals surface area contributed by atoms with E-state index in [1.165, 1.54) is 10.5 Å². The van der Waals surface area contributed by atoms with E-state index in [0.29, 0.717) is 30.8 Å². The molecule has 2 aliphatic rings. The summed E-state index contributed by atoms with van der Waals surface area (Å²) in [7, 11) is 0. The summed E-state index contributed by atoms with van der Waals surface area (Å²) in [5.41, 5.74) is 4.34. The van der Waals surface area contributed by atoms with Crippen molar-refractivity contribution in [3.05, 3.63) is 40.6 Å². The highest BCUT2D eigenvalue weighted by Gasteiger charge is 2.41. The summed E-state index contributed by atoms with van der Waals surface area (Å²) in [5.74, 6) is -0.308. The Hall–Kier alpha value is -2.14. The minimum atomic E-state index is -0.163. The summed E-state index contributed by atoms with van der Waals surface area (Å²) < 4.78 is 5.60. The second kappa shape index (κ2) is 9.37. The first-order valence-corrected chi connectivity index (χ1v) is 10.6. The molecule has 152 valence electrons. The lowest BCUT2D eigenvalue weighted by Gasteiger charge is -2.20. The topological polar surface area (TPSA) is 49.9 Å². The van der Waals surface area contributed by atoms with Crippen LogP contribution in [0.5, 0.6) is 0 Å². The maximum atomic E-state index is 13.2. The fraction of sp³-hybridized carbons (Fsp3) is 0.565. The van der Waals surface area contributed by atoms with Crippen molar-refractivity contribution < 1.29 is 14.3 Å². The van der Waals surface area contributed by atoms with Crippen molar-refractivity contribution in [1.29, 1.82) is 0 Å². The zero-order valence-electron chi connectivity index (χ0n) is 17.4. The van der Waals surface area contributed by atoms with Crippen molar-refractivity contribution in [2.24, 2.45) is 0 Å². The first-order chi connectivity index (χ1) is 13.5. The molecule has 2 heterocycles. The van der Waals surface area contributed by atoms with Crippen LogP contribution in [-0.4, -0.2) is 54.5 Å². The van der Waals surface area contributed by atoms with E-state index in [2.05, 4.69) is 18.7 Å². The molecule has 0 aromatic heterocycles. The van der Waals surface area contributed by atoms with Gasteiger partial charge in [-0.05, 0) is 56.2 Å². The van der Waals surface area contributed by atoms with Gasteiger partial charge in [-0.15, -0.1) is 0 Å². The second-order valence-corrected chi connectivity index (χ2v) is 7.80. The van der Waals surface area contributed by atoms with Crippen LogP contribution in [0.3, 0.4) is 0 Å². The molecular formula is C23H32N2O3. The number of carbonyl (C=O) groups excluding carboxylic acids is 2. The average molecular weight is 385 g/mol. The number of carbonyl (C=O) groups is 2. The van der Waals surface area contributed by atoms with E-state index in [1.807, 2.05) is 25.1 Å². The Labute approximate surface area is 168 Å². The van der Waals surface area contributed by atoms with Gasteiger partial charge in [-0.3, -0.25) is 14.5 Å². The summed E-state index contributed by atoms with van der Waals surface area (Å²) in [6.07, 6.45) is 4.95. The van der Waals surface area contributed by atoms with Crippen LogP contribution < -0.4 is 0 Å². The zero-order chi connectivity index (χ0) is 20.1. The lowest BCUT2D eigenvalue weighted by Crippen LogP contribution is -2.35. The first kappa shape index (κ1) is 20.6. The Balaban J connectivity index is 1.80. The minimum absolute atomic E-state index is 0.145. The van der Waals surface area contributed by atoms with Crippen molar-refractivity contribution in [3.63, 3.8) is 0 Å². The van der Waals surface area contributed by atoms with Crippen LogP contribution in [0.1, 0.15) is 55.7 Å². The molecule has 0 unspecified atom stereocenters. The van der Waals surface area contributed by atoms with Gasteiger partial charge in [0.05, 0.1) is 5.57 Å². The first-order valence-electron chi connectivity index (χ1n) is 10.6. The van der Waals surface area contributed by atoms with E-state index in [9.17, 15) is 9.59 Å². The third-order valence-electron chi connectivity index (χ3n) is 5.67. The van der Waals surface area contributed by atoms with E-state index in [0.717, 1.165) is 56.5 Å². The van der Waals surface area contributed by atoms with E-state index in [1.54, 1.807) is 0 Å². The number of likely N-dealkylation sites (tertiary alicyclic amines) is 1. The van der Waals surface area contributed by atoms with Gasteiger partial charge in [0.15, 0.2) is 0 Å². The third-order valence-corrected chi connectivity index (χ3v) is 5.67. The largest absolute Gasteiger partial charge is 0.381 e. The SMILES string of the molecule is CCCCOCCCN1C(=O)C(c2ccc(C)c(C)c2)=C(N2CCCC2)C1=O. The fourth-order valence-electron chi connectivity index (χ4n) is 3.83. The standard InChI is InChI=1S/C23H32N2O3/c1-4-5-14-28-15-8-13-25-22(26)20(19-10-9-17(2)18(3)16-19)21(23(25)27)24-11-6-7-12-24/h9-10,16H,4-8,11-15H2,1-3H3. The second-order valence-electron chi connectivity index (χ2n) is 7.80. The number of nitrogens with zero attached hydrogens (tertiary/aromatic N) is 2. The number of imide groups is 1. The number of hydrogen-bond donors (Lipinski definition) is 0. The number of hydrogen-bond acceptors (Lipinski definition) is 4. The van der Waals surface area contributed by atoms with Gasteiger partial charge in [-0.2, -0.15) is 0 Å². The number of rotatable bonds is 9. The van der Waals surface area contributed by atoms with Gasteiger partial charge in [0.2, 0.25) is 0 Å². The highest BCUT2D eigenvalue weighted by molar-refractivity contribution is 6.35. The predicted molar refractivity (Wildman–Crippen MR) is 111 cm³/mol. The van der Waals surface area contributed by atoms with E-state index in [-0.39, 0.29) is 11.8 Å². The third kappa shape index (κ3) is 4.30. The molecule has 1 aromatic rings. The summed E-state index contributed by atoms with van der Waals surface area (Å²) in [6.45, 7) is 9.65. The molecule has 2 aliphatic heterocycles. The molecule has 1 aromatic carbocycles. The molecule has 0 bridgehead atoms. The Bertz CT molecular complexity index is 763. The van der Waals surface area contributed by atoms with E-state index < -0.39 is 0 Å². The van der Waals surface area contributed by atoms with Crippen molar-refractivity contribution >= 4 is 17.4 Å². The molecule has 0 spiro atoms. The number of unbranched alkanes of at least 4 members (excludes halogenated alkanes) is 1. The van der Waals surface area contributed by atoms with Crippen molar-refractivity contribution in [2.45, 2.75) is 52.9 Å². The summed E-state index contributed by atoms with van der Waals surface area (Å²) in [6, 6.07) is 6.03. The molecule has 28 heavy (non-hydrogen) atoms. The summed E-state index contributed by atoms with van der Waals surface area (Å²) in [5, 5.41) is 0.